The predicted octanol–water partition coefficient (Wildman–Crippen LogP) is 2.74. The number of allylic oxidation sites excluding steroid dienone is 1. The number of carbonyl (C=O) groups excluding carboxylic acids is 1. The van der Waals surface area contributed by atoms with E-state index in [1.807, 2.05) is 60.7 Å². The normalized spacial score (nSPS) is 11.6. The van der Waals surface area contributed by atoms with Crippen LogP contribution in [-0.4, -0.2) is 28.2 Å². The van der Waals surface area contributed by atoms with Crippen LogP contribution < -0.4 is 9.44 Å². The van der Waals surface area contributed by atoms with E-state index in [1.165, 1.54) is 0 Å². The number of nitrogens with one attached hydrogen (secondary N) is 2. The summed E-state index contributed by atoms with van der Waals surface area (Å²) in [4.78, 5) is 11.2. The van der Waals surface area contributed by atoms with E-state index in [0.29, 0.717) is 6.42 Å². The maximum absolute atomic E-state index is 12.2. The van der Waals surface area contributed by atoms with Gasteiger partial charge in [0.15, 0.2) is 0 Å². The van der Waals surface area contributed by atoms with Gasteiger partial charge in [0.1, 0.15) is 0 Å². The van der Waals surface area contributed by atoms with Crippen LogP contribution in [-0.2, 0) is 20.4 Å². The SMILES string of the molecule is C=CCC(CNS(=O)(=O)NC(=O)OC)(c1ccccc1)c1ccccc1. The van der Waals surface area contributed by atoms with Gasteiger partial charge in [0, 0.05) is 12.0 Å². The molecule has 6 nitrogen and oxygen atoms in total. The third-order valence-corrected chi connectivity index (χ3v) is 5.07. The molecule has 0 atom stereocenters. The summed E-state index contributed by atoms with van der Waals surface area (Å²) < 4.78 is 32.9. The van der Waals surface area contributed by atoms with Crippen molar-refractivity contribution in [1.29, 1.82) is 0 Å². The van der Waals surface area contributed by atoms with Gasteiger partial charge in [-0.3, -0.25) is 0 Å². The average Bonchev–Trinajstić information content (AvgIpc) is 2.66. The van der Waals surface area contributed by atoms with Crippen molar-refractivity contribution >= 4 is 16.3 Å². The Hall–Kier alpha value is -2.64. The number of hydrogen-bond acceptors (Lipinski definition) is 4. The molecular formula is C19H22N2O4S. The molecule has 2 aromatic carbocycles. The van der Waals surface area contributed by atoms with Gasteiger partial charge >= 0.3 is 16.3 Å². The fourth-order valence-corrected chi connectivity index (χ4v) is 3.66. The molecule has 0 aliphatic rings. The molecule has 2 N–H and O–H groups in total. The van der Waals surface area contributed by atoms with E-state index in [9.17, 15) is 13.2 Å². The van der Waals surface area contributed by atoms with Crippen LogP contribution in [0.15, 0.2) is 73.3 Å². The van der Waals surface area contributed by atoms with E-state index < -0.39 is 21.7 Å². The first-order valence-electron chi connectivity index (χ1n) is 8.01. The number of ether oxygens (including phenoxy) is 1. The molecule has 0 aliphatic heterocycles. The molecule has 0 heterocycles. The van der Waals surface area contributed by atoms with Crippen LogP contribution in [0, 0.1) is 0 Å². The van der Waals surface area contributed by atoms with Crippen molar-refractivity contribution < 1.29 is 17.9 Å². The van der Waals surface area contributed by atoms with Crippen LogP contribution in [0.25, 0.3) is 0 Å². The molecule has 0 saturated heterocycles. The van der Waals surface area contributed by atoms with Gasteiger partial charge in [0.05, 0.1) is 7.11 Å². The van der Waals surface area contributed by atoms with Crippen molar-refractivity contribution in [2.75, 3.05) is 13.7 Å². The van der Waals surface area contributed by atoms with E-state index in [0.717, 1.165) is 18.2 Å². The number of benzene rings is 2. The second-order valence-corrected chi connectivity index (χ2v) is 7.22. The summed E-state index contributed by atoms with van der Waals surface area (Å²) in [5, 5.41) is 0. The summed E-state index contributed by atoms with van der Waals surface area (Å²) in [5.41, 5.74) is 1.20. The van der Waals surface area contributed by atoms with Gasteiger partial charge in [0.25, 0.3) is 0 Å². The van der Waals surface area contributed by atoms with Crippen LogP contribution in [0.1, 0.15) is 17.5 Å². The molecular weight excluding hydrogens is 352 g/mol. The number of methoxy groups -OCH3 is 1. The number of rotatable bonds is 8. The van der Waals surface area contributed by atoms with Crippen LogP contribution >= 0.6 is 0 Å². The monoisotopic (exact) mass is 374 g/mol. The molecule has 0 aromatic heterocycles. The first-order valence-corrected chi connectivity index (χ1v) is 9.49. The van der Waals surface area contributed by atoms with Crippen molar-refractivity contribution in [3.63, 3.8) is 0 Å². The van der Waals surface area contributed by atoms with Crippen molar-refractivity contribution in [3.05, 3.63) is 84.4 Å². The van der Waals surface area contributed by atoms with Crippen LogP contribution in [0.5, 0.6) is 0 Å². The molecule has 138 valence electrons. The van der Waals surface area contributed by atoms with E-state index in [4.69, 9.17) is 0 Å². The van der Waals surface area contributed by atoms with Crippen LogP contribution in [0.2, 0.25) is 0 Å². The minimum absolute atomic E-state index is 0.0410. The van der Waals surface area contributed by atoms with E-state index in [1.54, 1.807) is 10.8 Å². The van der Waals surface area contributed by atoms with Crippen LogP contribution in [0.4, 0.5) is 4.79 Å². The van der Waals surface area contributed by atoms with Gasteiger partial charge in [-0.25, -0.2) is 9.52 Å². The van der Waals surface area contributed by atoms with E-state index in [-0.39, 0.29) is 6.54 Å². The summed E-state index contributed by atoms with van der Waals surface area (Å²) in [6, 6.07) is 19.2. The van der Waals surface area contributed by atoms with Crippen molar-refractivity contribution in [2.45, 2.75) is 11.8 Å². The molecule has 0 aliphatic carbocycles. The quantitative estimate of drug-likeness (QED) is 0.696. The molecule has 7 heteroatoms. The zero-order chi connectivity index (χ0) is 19.0. The lowest BCUT2D eigenvalue weighted by Gasteiger charge is -2.34. The Labute approximate surface area is 154 Å². The Morgan fingerprint density at radius 2 is 1.58 bits per heavy atom. The molecule has 2 rings (SSSR count). The molecule has 0 bridgehead atoms. The molecule has 0 unspecified atom stereocenters. The summed E-state index contributed by atoms with van der Waals surface area (Å²) in [5.74, 6) is 0. The first kappa shape index (κ1) is 19.7. The lowest BCUT2D eigenvalue weighted by Crippen LogP contribution is -2.47. The predicted molar refractivity (Wildman–Crippen MR) is 101 cm³/mol. The molecule has 0 radical (unpaired) electrons. The van der Waals surface area contributed by atoms with Gasteiger partial charge in [-0.2, -0.15) is 13.1 Å². The largest absolute Gasteiger partial charge is 0.452 e. The molecule has 0 spiro atoms. The molecule has 2 aromatic rings. The fraction of sp³-hybridized carbons (Fsp3) is 0.211. The molecule has 0 fully saturated rings. The highest BCUT2D eigenvalue weighted by atomic mass is 32.2. The summed E-state index contributed by atoms with van der Waals surface area (Å²) in [6.07, 6.45) is 1.20. The fourth-order valence-electron chi connectivity index (χ4n) is 2.85. The number of hydrogen-bond donors (Lipinski definition) is 2. The Kier molecular flexibility index (Phi) is 6.54. The number of amides is 1. The topological polar surface area (TPSA) is 84.5 Å². The van der Waals surface area contributed by atoms with Gasteiger partial charge in [-0.05, 0) is 17.5 Å². The Morgan fingerprint density at radius 3 is 2.00 bits per heavy atom. The van der Waals surface area contributed by atoms with E-state index >= 15 is 0 Å². The highest BCUT2D eigenvalue weighted by Crippen LogP contribution is 2.35. The van der Waals surface area contributed by atoms with Gasteiger partial charge in [-0.15, -0.1) is 6.58 Å². The minimum Gasteiger partial charge on any atom is -0.452 e. The Balaban J connectivity index is 2.44. The Morgan fingerprint density at radius 1 is 1.08 bits per heavy atom. The van der Waals surface area contributed by atoms with Crippen molar-refractivity contribution in [1.82, 2.24) is 9.44 Å². The molecule has 1 amide bonds. The van der Waals surface area contributed by atoms with Crippen LogP contribution in [0.3, 0.4) is 0 Å². The lowest BCUT2D eigenvalue weighted by atomic mass is 9.72. The second-order valence-electron chi connectivity index (χ2n) is 5.73. The van der Waals surface area contributed by atoms with E-state index in [2.05, 4.69) is 16.0 Å². The first-order chi connectivity index (χ1) is 12.4. The highest BCUT2D eigenvalue weighted by molar-refractivity contribution is 7.88. The summed E-state index contributed by atoms with van der Waals surface area (Å²) >= 11 is 0. The maximum atomic E-state index is 12.2. The summed E-state index contributed by atoms with van der Waals surface area (Å²) in [7, 11) is -2.97. The molecule has 0 saturated carbocycles. The lowest BCUT2D eigenvalue weighted by molar-refractivity contribution is 0.177. The Bertz CT molecular complexity index is 797. The molecule has 26 heavy (non-hydrogen) atoms. The average molecular weight is 374 g/mol. The zero-order valence-electron chi connectivity index (χ0n) is 14.5. The number of carbonyl (C=O) groups is 1. The second kappa shape index (κ2) is 8.64. The van der Waals surface area contributed by atoms with Gasteiger partial charge in [-0.1, -0.05) is 66.7 Å². The maximum Gasteiger partial charge on any atom is 0.421 e. The smallest absolute Gasteiger partial charge is 0.421 e. The van der Waals surface area contributed by atoms with Gasteiger partial charge < -0.3 is 4.74 Å². The highest BCUT2D eigenvalue weighted by Gasteiger charge is 2.34. The van der Waals surface area contributed by atoms with Crippen molar-refractivity contribution in [2.24, 2.45) is 0 Å². The van der Waals surface area contributed by atoms with Crippen molar-refractivity contribution in [3.8, 4) is 0 Å². The van der Waals surface area contributed by atoms with Gasteiger partial charge in [0.2, 0.25) is 0 Å². The summed E-state index contributed by atoms with van der Waals surface area (Å²) in [6.45, 7) is 3.88. The third kappa shape index (κ3) is 4.71. The minimum atomic E-state index is -4.07. The standard InChI is InChI=1S/C19H22N2O4S/c1-3-14-19(16-10-6-4-7-11-16,17-12-8-5-9-13-17)15-20-26(23,24)21-18(22)25-2/h3-13,20H,1,14-15H2,2H3,(H,21,22). The third-order valence-electron chi connectivity index (χ3n) is 4.11. The zero-order valence-corrected chi connectivity index (χ0v) is 15.3.